The molecule has 20 heavy (non-hydrogen) atoms. The second-order valence-corrected chi connectivity index (χ2v) is 5.19. The Bertz CT molecular complexity index is 553. The van der Waals surface area contributed by atoms with Crippen molar-refractivity contribution in [3.8, 4) is 11.5 Å². The fourth-order valence-electron chi connectivity index (χ4n) is 1.72. The van der Waals surface area contributed by atoms with Crippen molar-refractivity contribution in [2.24, 2.45) is 5.73 Å². The Morgan fingerprint density at radius 3 is 2.75 bits per heavy atom. The lowest BCUT2D eigenvalue weighted by Crippen LogP contribution is -2.34. The molecule has 4 nitrogen and oxygen atoms in total. The molecule has 0 amide bonds. The number of nitrogens with two attached hydrogens (primary N) is 1. The van der Waals surface area contributed by atoms with Crippen LogP contribution in [0, 0.1) is 0 Å². The van der Waals surface area contributed by atoms with E-state index in [9.17, 15) is 4.79 Å². The maximum Gasteiger partial charge on any atom is 0.323 e. The monoisotopic (exact) mass is 291 g/mol. The molecule has 1 aromatic carbocycles. The molecule has 106 valence electrons. The number of carbonyl (C=O) groups is 1. The number of hydrogen-bond donors (Lipinski definition) is 1. The van der Waals surface area contributed by atoms with Crippen LogP contribution in [0.1, 0.15) is 11.8 Å². The fraction of sp³-hybridized carbons (Fsp3) is 0.267. The van der Waals surface area contributed by atoms with Crippen LogP contribution in [0.3, 0.4) is 0 Å². The number of rotatable bonds is 6. The summed E-state index contributed by atoms with van der Waals surface area (Å²) in [5.41, 5.74) is 5.83. The van der Waals surface area contributed by atoms with E-state index in [1.165, 1.54) is 11.3 Å². The third-order valence-corrected chi connectivity index (χ3v) is 3.59. The summed E-state index contributed by atoms with van der Waals surface area (Å²) in [6.07, 6.45) is 0.415. The fourth-order valence-corrected chi connectivity index (χ4v) is 2.57. The summed E-state index contributed by atoms with van der Waals surface area (Å²) in [6, 6.07) is 10.7. The van der Waals surface area contributed by atoms with Gasteiger partial charge in [0.2, 0.25) is 0 Å². The molecule has 0 radical (unpaired) electrons. The first-order chi connectivity index (χ1) is 9.70. The standard InChI is InChI=1S/C15H17NO3S/c1-2-18-15(17)12(16)10-14-13(8-9-20-14)19-11-6-4-3-5-7-11/h3-9,12H,2,10,16H2,1H3. The number of benzene rings is 1. The van der Waals surface area contributed by atoms with Gasteiger partial charge in [0.15, 0.2) is 0 Å². The molecule has 0 aliphatic rings. The zero-order valence-corrected chi connectivity index (χ0v) is 12.1. The van der Waals surface area contributed by atoms with Gasteiger partial charge >= 0.3 is 5.97 Å². The average Bonchev–Trinajstić information content (AvgIpc) is 2.87. The van der Waals surface area contributed by atoms with Gasteiger partial charge < -0.3 is 15.2 Å². The average molecular weight is 291 g/mol. The van der Waals surface area contributed by atoms with E-state index in [1.807, 2.05) is 41.8 Å². The van der Waals surface area contributed by atoms with Crippen LogP contribution in [-0.2, 0) is 16.0 Å². The number of esters is 1. The van der Waals surface area contributed by atoms with Gasteiger partial charge in [0.1, 0.15) is 17.5 Å². The Balaban J connectivity index is 2.03. The molecule has 1 unspecified atom stereocenters. The first-order valence-electron chi connectivity index (χ1n) is 6.42. The van der Waals surface area contributed by atoms with Crippen LogP contribution in [-0.4, -0.2) is 18.6 Å². The van der Waals surface area contributed by atoms with Gasteiger partial charge in [-0.25, -0.2) is 0 Å². The van der Waals surface area contributed by atoms with Crippen LogP contribution < -0.4 is 10.5 Å². The highest BCUT2D eigenvalue weighted by Crippen LogP contribution is 2.30. The van der Waals surface area contributed by atoms with E-state index in [4.69, 9.17) is 15.2 Å². The Kier molecular flexibility index (Phi) is 5.15. The minimum atomic E-state index is -0.660. The Labute approximate surface area is 122 Å². The van der Waals surface area contributed by atoms with Crippen molar-refractivity contribution >= 4 is 17.3 Å². The summed E-state index contributed by atoms with van der Waals surface area (Å²) < 4.78 is 10.7. The topological polar surface area (TPSA) is 61.5 Å². The van der Waals surface area contributed by atoms with E-state index in [0.29, 0.717) is 13.0 Å². The lowest BCUT2D eigenvalue weighted by molar-refractivity contribution is -0.144. The quantitative estimate of drug-likeness (QED) is 0.831. The van der Waals surface area contributed by atoms with Gasteiger partial charge in [0.05, 0.1) is 6.61 Å². The van der Waals surface area contributed by atoms with Gasteiger partial charge in [-0.15, -0.1) is 11.3 Å². The second kappa shape index (κ2) is 7.07. The highest BCUT2D eigenvalue weighted by atomic mass is 32.1. The van der Waals surface area contributed by atoms with E-state index in [0.717, 1.165) is 16.4 Å². The molecule has 0 spiro atoms. The van der Waals surface area contributed by atoms with Gasteiger partial charge in [-0.2, -0.15) is 0 Å². The summed E-state index contributed by atoms with van der Waals surface area (Å²) >= 11 is 1.52. The van der Waals surface area contributed by atoms with Crippen molar-refractivity contribution in [1.82, 2.24) is 0 Å². The normalized spacial score (nSPS) is 11.9. The lowest BCUT2D eigenvalue weighted by atomic mass is 10.2. The third kappa shape index (κ3) is 3.82. The molecule has 0 saturated carbocycles. The molecule has 2 aromatic rings. The van der Waals surface area contributed by atoms with Crippen LogP contribution in [0.25, 0.3) is 0 Å². The van der Waals surface area contributed by atoms with E-state index < -0.39 is 6.04 Å². The van der Waals surface area contributed by atoms with Crippen molar-refractivity contribution in [3.05, 3.63) is 46.7 Å². The zero-order chi connectivity index (χ0) is 14.4. The van der Waals surface area contributed by atoms with Gasteiger partial charge in [-0.05, 0) is 30.5 Å². The summed E-state index contributed by atoms with van der Waals surface area (Å²) in [5.74, 6) is 1.12. The van der Waals surface area contributed by atoms with Gasteiger partial charge in [0.25, 0.3) is 0 Å². The first kappa shape index (κ1) is 14.6. The van der Waals surface area contributed by atoms with Crippen LogP contribution in [0.4, 0.5) is 0 Å². The van der Waals surface area contributed by atoms with Crippen molar-refractivity contribution < 1.29 is 14.3 Å². The van der Waals surface area contributed by atoms with Crippen molar-refractivity contribution in [1.29, 1.82) is 0 Å². The number of thiophene rings is 1. The van der Waals surface area contributed by atoms with Crippen LogP contribution in [0.5, 0.6) is 11.5 Å². The molecule has 0 bridgehead atoms. The molecule has 1 heterocycles. The molecule has 0 saturated heterocycles. The summed E-state index contributed by atoms with van der Waals surface area (Å²) in [4.78, 5) is 12.5. The number of hydrogen-bond acceptors (Lipinski definition) is 5. The van der Waals surface area contributed by atoms with E-state index >= 15 is 0 Å². The largest absolute Gasteiger partial charge is 0.465 e. The Morgan fingerprint density at radius 1 is 1.30 bits per heavy atom. The van der Waals surface area contributed by atoms with Gasteiger partial charge in [0, 0.05) is 11.3 Å². The minimum Gasteiger partial charge on any atom is -0.465 e. The molecule has 0 fully saturated rings. The molecule has 2 N–H and O–H groups in total. The molecule has 2 rings (SSSR count). The minimum absolute atomic E-state index is 0.338. The van der Waals surface area contributed by atoms with E-state index in [2.05, 4.69) is 0 Å². The molecule has 1 aromatic heterocycles. The highest BCUT2D eigenvalue weighted by molar-refractivity contribution is 7.10. The Morgan fingerprint density at radius 2 is 2.05 bits per heavy atom. The molecule has 0 aliphatic carbocycles. The zero-order valence-electron chi connectivity index (χ0n) is 11.2. The van der Waals surface area contributed by atoms with E-state index in [1.54, 1.807) is 6.92 Å². The number of carbonyl (C=O) groups excluding carboxylic acids is 1. The predicted octanol–water partition coefficient (Wildman–Crippen LogP) is 2.97. The highest BCUT2D eigenvalue weighted by Gasteiger charge is 2.18. The molecular formula is C15H17NO3S. The smallest absolute Gasteiger partial charge is 0.323 e. The van der Waals surface area contributed by atoms with Crippen LogP contribution in [0.2, 0.25) is 0 Å². The summed E-state index contributed by atoms with van der Waals surface area (Å²) in [6.45, 7) is 2.10. The molecule has 5 heteroatoms. The van der Waals surface area contributed by atoms with Crippen molar-refractivity contribution in [3.63, 3.8) is 0 Å². The SMILES string of the molecule is CCOC(=O)C(N)Cc1sccc1Oc1ccccc1. The predicted molar refractivity (Wildman–Crippen MR) is 79.1 cm³/mol. The van der Waals surface area contributed by atoms with E-state index in [-0.39, 0.29) is 5.97 Å². The maximum atomic E-state index is 11.6. The molecular weight excluding hydrogens is 274 g/mol. The maximum absolute atomic E-state index is 11.6. The first-order valence-corrected chi connectivity index (χ1v) is 7.30. The van der Waals surface area contributed by atoms with Gasteiger partial charge in [-0.1, -0.05) is 18.2 Å². The van der Waals surface area contributed by atoms with Gasteiger partial charge in [-0.3, -0.25) is 4.79 Å². The van der Waals surface area contributed by atoms with Crippen molar-refractivity contribution in [2.75, 3.05) is 6.61 Å². The van der Waals surface area contributed by atoms with Crippen LogP contribution >= 0.6 is 11.3 Å². The van der Waals surface area contributed by atoms with Crippen LogP contribution in [0.15, 0.2) is 41.8 Å². The van der Waals surface area contributed by atoms with Crippen molar-refractivity contribution in [2.45, 2.75) is 19.4 Å². The number of para-hydroxylation sites is 1. The molecule has 1 atom stereocenters. The second-order valence-electron chi connectivity index (χ2n) is 4.19. The summed E-state index contributed by atoms with van der Waals surface area (Å²) in [5, 5.41) is 1.92. The Hall–Kier alpha value is -1.85. The summed E-state index contributed by atoms with van der Waals surface area (Å²) in [7, 11) is 0. The lowest BCUT2D eigenvalue weighted by Gasteiger charge is -2.11. The molecule has 0 aliphatic heterocycles. The third-order valence-electron chi connectivity index (χ3n) is 2.67. The number of ether oxygens (including phenoxy) is 2.